The normalized spacial score (nSPS) is 12.8. The van der Waals surface area contributed by atoms with Gasteiger partial charge in [-0.2, -0.15) is 23.4 Å². The molecule has 12 heteroatoms. The molecule has 1 unspecified atom stereocenters. The molecule has 0 aliphatic rings. The molecule has 3 heterocycles. The van der Waals surface area contributed by atoms with Crippen LogP contribution in [-0.2, 0) is 17.4 Å². The van der Waals surface area contributed by atoms with Crippen LogP contribution in [0.15, 0.2) is 53.5 Å². The van der Waals surface area contributed by atoms with E-state index in [0.717, 1.165) is 4.68 Å². The highest BCUT2D eigenvalue weighted by atomic mass is 35.5. The molecule has 4 rings (SSSR count). The van der Waals surface area contributed by atoms with Gasteiger partial charge in [-0.1, -0.05) is 17.7 Å². The number of ketones is 1. The fourth-order valence-electron chi connectivity index (χ4n) is 3.85. The number of aromatic nitrogens is 4. The number of aliphatic hydroxyl groups excluding tert-OH is 1. The molecule has 4 aromatic rings. The predicted molar refractivity (Wildman–Crippen MR) is 118 cm³/mol. The Hall–Kier alpha value is -3.44. The van der Waals surface area contributed by atoms with Gasteiger partial charge in [0.1, 0.15) is 11.9 Å². The lowest BCUT2D eigenvalue weighted by Crippen LogP contribution is -2.25. The number of nitrogens with zero attached hydrogens (tertiary/aromatic N) is 4. The molecule has 1 atom stereocenters. The predicted octanol–water partition coefficient (Wildman–Crippen LogP) is 5.18. The van der Waals surface area contributed by atoms with E-state index in [2.05, 4.69) is 10.2 Å². The number of hydrogen-bond donors (Lipinski definition) is 1. The molecule has 1 aromatic carbocycles. The van der Waals surface area contributed by atoms with Crippen molar-refractivity contribution in [2.24, 2.45) is 0 Å². The number of furan rings is 1. The summed E-state index contributed by atoms with van der Waals surface area (Å²) in [6.07, 6.45) is -0.955. The summed E-state index contributed by atoms with van der Waals surface area (Å²) in [7, 11) is 0. The second-order valence-electron chi connectivity index (χ2n) is 7.78. The molecule has 184 valence electrons. The Bertz CT molecular complexity index is 1350. The number of aliphatic hydroxyl groups is 1. The minimum Gasteiger partial charge on any atom is -0.472 e. The summed E-state index contributed by atoms with van der Waals surface area (Å²) in [5.74, 6) is -0.998. The van der Waals surface area contributed by atoms with Crippen molar-refractivity contribution in [1.82, 2.24) is 19.6 Å². The molecule has 0 bridgehead atoms. The number of rotatable bonds is 8. The van der Waals surface area contributed by atoms with Crippen LogP contribution in [-0.4, -0.2) is 37.1 Å². The highest BCUT2D eigenvalue weighted by Gasteiger charge is 2.39. The number of Topliss-reactive ketones (excluding diaryl/α,β-unsaturated/α-hetero) is 1. The van der Waals surface area contributed by atoms with Crippen molar-refractivity contribution >= 4 is 17.4 Å². The molecule has 3 aromatic heterocycles. The van der Waals surface area contributed by atoms with Crippen LogP contribution < -0.4 is 0 Å². The second-order valence-corrected chi connectivity index (χ2v) is 8.16. The molecule has 0 aliphatic carbocycles. The van der Waals surface area contributed by atoms with Crippen molar-refractivity contribution in [2.45, 2.75) is 32.0 Å². The SMILES string of the molecule is Cc1c(Cl)c(C(F)(F)F)nn1C(CCO)C(=O)Cc1cnn(-c2cccc(F)c2)c1-c1ccoc1. The lowest BCUT2D eigenvalue weighted by Gasteiger charge is -2.17. The third-order valence-corrected chi connectivity index (χ3v) is 5.92. The molecule has 35 heavy (non-hydrogen) atoms. The minimum atomic E-state index is -4.81. The zero-order valence-corrected chi connectivity index (χ0v) is 19.0. The molecule has 0 saturated carbocycles. The first kappa shape index (κ1) is 24.7. The Morgan fingerprint density at radius 3 is 2.66 bits per heavy atom. The van der Waals surface area contributed by atoms with Crippen molar-refractivity contribution in [3.05, 3.63) is 76.8 Å². The van der Waals surface area contributed by atoms with Crippen LogP contribution in [0, 0.1) is 12.7 Å². The number of carbonyl (C=O) groups excluding carboxylic acids is 1. The van der Waals surface area contributed by atoms with Gasteiger partial charge in [-0.3, -0.25) is 9.48 Å². The molecular weight excluding hydrogens is 492 g/mol. The molecule has 0 spiro atoms. The zero-order chi connectivity index (χ0) is 25.3. The Labute approximate surface area is 201 Å². The molecular formula is C23H19ClF4N4O3. The van der Waals surface area contributed by atoms with Crippen LogP contribution in [0.5, 0.6) is 0 Å². The van der Waals surface area contributed by atoms with Crippen LogP contribution in [0.1, 0.15) is 29.4 Å². The summed E-state index contributed by atoms with van der Waals surface area (Å²) in [6, 6.07) is 6.12. The van der Waals surface area contributed by atoms with Crippen LogP contribution in [0.3, 0.4) is 0 Å². The molecule has 1 N–H and O–H groups in total. The number of benzene rings is 1. The van der Waals surface area contributed by atoms with Gasteiger partial charge >= 0.3 is 6.18 Å². The first-order valence-corrected chi connectivity index (χ1v) is 10.8. The zero-order valence-electron chi connectivity index (χ0n) is 18.3. The number of carbonyl (C=O) groups is 1. The molecule has 7 nitrogen and oxygen atoms in total. The average molecular weight is 511 g/mol. The maximum absolute atomic E-state index is 13.8. The summed E-state index contributed by atoms with van der Waals surface area (Å²) >= 11 is 5.85. The van der Waals surface area contributed by atoms with Gasteiger partial charge < -0.3 is 9.52 Å². The maximum atomic E-state index is 13.8. The van der Waals surface area contributed by atoms with Crippen molar-refractivity contribution in [3.8, 4) is 16.9 Å². The van der Waals surface area contributed by atoms with E-state index >= 15 is 0 Å². The smallest absolute Gasteiger partial charge is 0.436 e. The van der Waals surface area contributed by atoms with Gasteiger partial charge in [-0.05, 0) is 37.6 Å². The lowest BCUT2D eigenvalue weighted by molar-refractivity contribution is -0.141. The van der Waals surface area contributed by atoms with Crippen molar-refractivity contribution < 1.29 is 31.9 Å². The highest BCUT2D eigenvalue weighted by molar-refractivity contribution is 6.32. The van der Waals surface area contributed by atoms with Crippen molar-refractivity contribution in [1.29, 1.82) is 0 Å². The monoisotopic (exact) mass is 510 g/mol. The lowest BCUT2D eigenvalue weighted by atomic mass is 10.00. The third kappa shape index (κ3) is 4.87. The van der Waals surface area contributed by atoms with Gasteiger partial charge in [-0.15, -0.1) is 0 Å². The van der Waals surface area contributed by atoms with E-state index in [1.165, 1.54) is 48.5 Å². The first-order chi connectivity index (χ1) is 16.6. The Balaban J connectivity index is 1.74. The molecule has 0 saturated heterocycles. The Morgan fingerprint density at radius 2 is 2.06 bits per heavy atom. The second kappa shape index (κ2) is 9.67. The van der Waals surface area contributed by atoms with E-state index in [4.69, 9.17) is 16.0 Å². The van der Waals surface area contributed by atoms with Gasteiger partial charge in [0.15, 0.2) is 11.5 Å². The van der Waals surface area contributed by atoms with E-state index < -0.39 is 41.1 Å². The Morgan fingerprint density at radius 1 is 1.29 bits per heavy atom. The van der Waals surface area contributed by atoms with Crippen LogP contribution in [0.4, 0.5) is 17.6 Å². The summed E-state index contributed by atoms with van der Waals surface area (Å²) < 4.78 is 61.2. The molecule has 0 aliphatic heterocycles. The fraction of sp³-hybridized carbons (Fsp3) is 0.261. The van der Waals surface area contributed by atoms with E-state index in [-0.39, 0.29) is 18.5 Å². The molecule has 0 fully saturated rings. The van der Waals surface area contributed by atoms with Crippen LogP contribution in [0.25, 0.3) is 16.9 Å². The van der Waals surface area contributed by atoms with E-state index in [1.807, 2.05) is 0 Å². The number of alkyl halides is 3. The van der Waals surface area contributed by atoms with Crippen LogP contribution in [0.2, 0.25) is 5.02 Å². The van der Waals surface area contributed by atoms with Crippen molar-refractivity contribution in [2.75, 3.05) is 6.61 Å². The van der Waals surface area contributed by atoms with Crippen LogP contribution >= 0.6 is 11.6 Å². The van der Waals surface area contributed by atoms with E-state index in [9.17, 15) is 27.5 Å². The maximum Gasteiger partial charge on any atom is 0.436 e. The standard InChI is InChI=1S/C23H19ClF4N4O3/c1-13-20(24)22(23(26,27)28)30-31(13)18(5-7-33)19(34)9-15-11-29-32(17-4-2-3-16(25)10-17)21(15)14-6-8-35-12-14/h2-4,6,8,10-12,18,33H,5,7,9H2,1H3. The Kier molecular flexibility index (Phi) is 6.82. The van der Waals surface area contributed by atoms with Crippen molar-refractivity contribution in [3.63, 3.8) is 0 Å². The molecule has 0 radical (unpaired) electrons. The van der Waals surface area contributed by atoms with E-state index in [0.29, 0.717) is 22.5 Å². The fourth-order valence-corrected chi connectivity index (χ4v) is 4.08. The largest absolute Gasteiger partial charge is 0.472 e. The quantitative estimate of drug-likeness (QED) is 0.330. The van der Waals surface area contributed by atoms with Gasteiger partial charge in [0, 0.05) is 24.2 Å². The summed E-state index contributed by atoms with van der Waals surface area (Å²) in [4.78, 5) is 13.3. The minimum absolute atomic E-state index is 0.0451. The van der Waals surface area contributed by atoms with Gasteiger partial charge in [0.05, 0.1) is 40.8 Å². The third-order valence-electron chi connectivity index (χ3n) is 5.47. The summed E-state index contributed by atoms with van der Waals surface area (Å²) in [5.41, 5.74) is 0.492. The van der Waals surface area contributed by atoms with Gasteiger partial charge in [0.2, 0.25) is 0 Å². The topological polar surface area (TPSA) is 86.1 Å². The molecule has 0 amide bonds. The average Bonchev–Trinajstić information content (AvgIpc) is 3.52. The first-order valence-electron chi connectivity index (χ1n) is 10.4. The van der Waals surface area contributed by atoms with E-state index in [1.54, 1.807) is 12.1 Å². The van der Waals surface area contributed by atoms with Gasteiger partial charge in [0.25, 0.3) is 0 Å². The number of halogens is 5. The van der Waals surface area contributed by atoms with Gasteiger partial charge in [-0.25, -0.2) is 9.07 Å². The number of hydrogen-bond acceptors (Lipinski definition) is 5. The highest BCUT2D eigenvalue weighted by Crippen LogP contribution is 2.37. The summed E-state index contributed by atoms with van der Waals surface area (Å²) in [5, 5.41) is 16.7. The summed E-state index contributed by atoms with van der Waals surface area (Å²) in [6.45, 7) is 0.854.